The third-order valence-corrected chi connectivity index (χ3v) is 6.21. The molecule has 0 amide bonds. The van der Waals surface area contributed by atoms with Crippen LogP contribution in [0.2, 0.25) is 0 Å². The highest BCUT2D eigenvalue weighted by Gasteiger charge is 2.93. The molecule has 0 bridgehead atoms. The van der Waals surface area contributed by atoms with Crippen molar-refractivity contribution in [2.45, 2.75) is 53.2 Å². The van der Waals surface area contributed by atoms with Crippen molar-refractivity contribution in [1.82, 2.24) is 0 Å². The maximum absolute atomic E-state index is 15.4. The molecule has 0 atom stereocenters. The Morgan fingerprint density at radius 3 is 0.974 bits per heavy atom. The maximum atomic E-state index is 15.4. The van der Waals surface area contributed by atoms with Crippen LogP contribution in [-0.4, -0.2) is 52.2 Å². The number of hydrogen-bond donors (Lipinski definition) is 2. The fourth-order valence-electron chi connectivity index (χ4n) is 4.16. The average Bonchev–Trinajstić information content (AvgIpc) is 2.80. The summed E-state index contributed by atoms with van der Waals surface area (Å²) in [6, 6.07) is 2.18. The summed E-state index contributed by atoms with van der Waals surface area (Å²) in [5.74, 6) is -40.0. The molecule has 0 spiro atoms. The number of halogens is 16. The van der Waals surface area contributed by atoms with Gasteiger partial charge >= 0.3 is 42.0 Å². The lowest BCUT2D eigenvalue weighted by Crippen LogP contribution is -2.73. The number of aliphatic hydroxyl groups is 2. The van der Waals surface area contributed by atoms with Crippen LogP contribution < -0.4 is 0 Å². The monoisotopic (exact) mass is 598 g/mol. The van der Waals surface area contributed by atoms with Gasteiger partial charge in [-0.3, -0.25) is 0 Å². The Hall–Kier alpha value is -2.76. The summed E-state index contributed by atoms with van der Waals surface area (Å²) in [6.45, 7) is 0. The van der Waals surface area contributed by atoms with E-state index in [0.717, 1.165) is 0 Å². The van der Waals surface area contributed by atoms with Gasteiger partial charge in [0.05, 0.1) is 0 Å². The smallest absolute Gasteiger partial charge is 0.374 e. The number of fused-ring (bicyclic) bond motifs is 2. The summed E-state index contributed by atoms with van der Waals surface area (Å²) in [4.78, 5) is 0. The van der Waals surface area contributed by atoms with Gasteiger partial charge in [0.15, 0.2) is 5.60 Å². The molecule has 2 aromatic rings. The van der Waals surface area contributed by atoms with Gasteiger partial charge in [-0.15, -0.1) is 0 Å². The van der Waals surface area contributed by atoms with Crippen LogP contribution in [0.5, 0.6) is 0 Å². The minimum absolute atomic E-state index is 0.0351. The molecular formula is C21H10F16O2. The molecule has 0 aliphatic heterocycles. The van der Waals surface area contributed by atoms with E-state index in [1.165, 1.54) is 0 Å². The SMILES string of the molecule is OC1(C(F)(F)F)c2ccccc2C(O)(C(F)(F)C(F)(F)C(F)(F)C(F)(F)C(F)(F)C(F)(F)F)c2ccccc21. The van der Waals surface area contributed by atoms with Crippen LogP contribution in [0, 0.1) is 0 Å². The minimum Gasteiger partial charge on any atom is -0.374 e. The van der Waals surface area contributed by atoms with E-state index in [1.807, 2.05) is 0 Å². The summed E-state index contributed by atoms with van der Waals surface area (Å²) >= 11 is 0. The van der Waals surface area contributed by atoms with Gasteiger partial charge in [-0.05, 0) is 0 Å². The molecule has 1 aliphatic carbocycles. The van der Waals surface area contributed by atoms with Gasteiger partial charge in [-0.1, -0.05) is 48.5 Å². The number of rotatable bonds is 5. The molecule has 3 rings (SSSR count). The van der Waals surface area contributed by atoms with Crippen molar-refractivity contribution in [2.75, 3.05) is 0 Å². The zero-order chi connectivity index (χ0) is 30.5. The second-order valence-corrected chi connectivity index (χ2v) is 8.38. The Balaban J connectivity index is 2.42. The zero-order valence-corrected chi connectivity index (χ0v) is 18.1. The first kappa shape index (κ1) is 30.8. The van der Waals surface area contributed by atoms with Gasteiger partial charge in [-0.25, -0.2) is 0 Å². The standard InChI is InChI=1S/C21H10F16O2/c22-15(23,16(24,25)17(26,27)18(28,29)19(30,31)21(35,36)37)13(38)9-5-1-3-7-11(9)14(39,20(32,33)34)12-8-4-2-6-10(12)13/h1-8,38-39H. The van der Waals surface area contributed by atoms with Crippen LogP contribution >= 0.6 is 0 Å². The van der Waals surface area contributed by atoms with Crippen molar-refractivity contribution in [3.63, 3.8) is 0 Å². The Kier molecular flexibility index (Phi) is 6.42. The lowest BCUT2D eigenvalue weighted by molar-refractivity contribution is -0.449. The molecule has 18 heteroatoms. The van der Waals surface area contributed by atoms with Crippen LogP contribution in [0.3, 0.4) is 0 Å². The molecule has 0 heterocycles. The molecule has 0 saturated carbocycles. The van der Waals surface area contributed by atoms with Crippen LogP contribution in [0.4, 0.5) is 70.2 Å². The van der Waals surface area contributed by atoms with E-state index in [4.69, 9.17) is 0 Å². The molecule has 1 aliphatic rings. The third-order valence-electron chi connectivity index (χ3n) is 6.21. The van der Waals surface area contributed by atoms with E-state index < -0.39 is 75.4 Å². The molecule has 39 heavy (non-hydrogen) atoms. The van der Waals surface area contributed by atoms with Gasteiger partial charge in [0, 0.05) is 22.3 Å². The van der Waals surface area contributed by atoms with Crippen LogP contribution in [0.1, 0.15) is 22.3 Å². The predicted molar refractivity (Wildman–Crippen MR) is 95.7 cm³/mol. The van der Waals surface area contributed by atoms with Crippen molar-refractivity contribution >= 4 is 0 Å². The highest BCUT2D eigenvalue weighted by atomic mass is 19.4. The molecule has 0 aromatic heterocycles. The summed E-state index contributed by atoms with van der Waals surface area (Å²) in [5, 5.41) is 21.4. The summed E-state index contributed by atoms with van der Waals surface area (Å²) < 4.78 is 222. The Labute approximate surface area is 205 Å². The van der Waals surface area contributed by atoms with Crippen molar-refractivity contribution < 1.29 is 80.5 Å². The highest BCUT2D eigenvalue weighted by Crippen LogP contribution is 2.66. The van der Waals surface area contributed by atoms with Gasteiger partial charge < -0.3 is 10.2 Å². The summed E-state index contributed by atoms with van der Waals surface area (Å²) in [6.07, 6.45) is -13.6. The van der Waals surface area contributed by atoms with E-state index in [9.17, 15) is 71.7 Å². The van der Waals surface area contributed by atoms with Gasteiger partial charge in [0.2, 0.25) is 5.60 Å². The molecular weight excluding hydrogens is 588 g/mol. The molecule has 2 nitrogen and oxygen atoms in total. The minimum atomic E-state index is -8.32. The van der Waals surface area contributed by atoms with E-state index in [2.05, 4.69) is 0 Å². The van der Waals surface area contributed by atoms with E-state index in [1.54, 1.807) is 0 Å². The summed E-state index contributed by atoms with van der Waals surface area (Å²) in [5.41, 5.74) is -17.7. The molecule has 218 valence electrons. The number of hydrogen-bond acceptors (Lipinski definition) is 2. The van der Waals surface area contributed by atoms with E-state index in [0.29, 0.717) is 24.3 Å². The number of alkyl halides is 16. The highest BCUT2D eigenvalue weighted by molar-refractivity contribution is 5.59. The largest absolute Gasteiger partial charge is 0.460 e. The second-order valence-electron chi connectivity index (χ2n) is 8.38. The molecule has 0 radical (unpaired) electrons. The first-order valence-electron chi connectivity index (χ1n) is 9.88. The Morgan fingerprint density at radius 1 is 0.410 bits per heavy atom. The molecule has 2 aromatic carbocycles. The van der Waals surface area contributed by atoms with Crippen molar-refractivity contribution in [1.29, 1.82) is 0 Å². The molecule has 2 N–H and O–H groups in total. The first-order chi connectivity index (χ1) is 17.2. The van der Waals surface area contributed by atoms with Crippen LogP contribution in [0.15, 0.2) is 48.5 Å². The van der Waals surface area contributed by atoms with Crippen molar-refractivity contribution in [3.05, 3.63) is 70.8 Å². The quantitative estimate of drug-likeness (QED) is 0.373. The second kappa shape index (κ2) is 8.14. The van der Waals surface area contributed by atoms with Crippen molar-refractivity contribution in [3.8, 4) is 0 Å². The van der Waals surface area contributed by atoms with Crippen LogP contribution in [-0.2, 0) is 11.2 Å². The zero-order valence-electron chi connectivity index (χ0n) is 18.1. The van der Waals surface area contributed by atoms with Crippen molar-refractivity contribution in [2.24, 2.45) is 0 Å². The molecule has 0 saturated heterocycles. The van der Waals surface area contributed by atoms with Gasteiger partial charge in [-0.2, -0.15) is 70.2 Å². The Morgan fingerprint density at radius 2 is 0.692 bits per heavy atom. The third kappa shape index (κ3) is 3.45. The lowest BCUT2D eigenvalue weighted by Gasteiger charge is -2.50. The summed E-state index contributed by atoms with van der Waals surface area (Å²) in [7, 11) is 0. The fourth-order valence-corrected chi connectivity index (χ4v) is 4.16. The normalized spacial score (nSPS) is 23.3. The van der Waals surface area contributed by atoms with Gasteiger partial charge in [0.25, 0.3) is 0 Å². The lowest BCUT2D eigenvalue weighted by atomic mass is 9.63. The fraction of sp³-hybridized carbons (Fsp3) is 0.429. The molecule has 0 fully saturated rings. The predicted octanol–water partition coefficient (Wildman–Crippen LogP) is 6.77. The average molecular weight is 598 g/mol. The topological polar surface area (TPSA) is 40.5 Å². The molecule has 0 unspecified atom stereocenters. The van der Waals surface area contributed by atoms with Gasteiger partial charge in [0.1, 0.15) is 0 Å². The Bertz CT molecular complexity index is 1210. The maximum Gasteiger partial charge on any atom is 0.460 e. The first-order valence-corrected chi connectivity index (χ1v) is 9.88. The number of benzene rings is 2. The van der Waals surface area contributed by atoms with E-state index in [-0.39, 0.29) is 24.3 Å². The van der Waals surface area contributed by atoms with E-state index >= 15 is 8.78 Å². The van der Waals surface area contributed by atoms with Crippen LogP contribution in [0.25, 0.3) is 0 Å².